The van der Waals surface area contributed by atoms with E-state index in [-0.39, 0.29) is 18.2 Å². The lowest BCUT2D eigenvalue weighted by Gasteiger charge is -2.37. The Balaban J connectivity index is 1.67. The van der Waals surface area contributed by atoms with Gasteiger partial charge in [-0.1, -0.05) is 0 Å². The molecule has 35 heavy (non-hydrogen) atoms. The molecule has 1 aliphatic rings. The number of hydrogen-bond donors (Lipinski definition) is 0. The van der Waals surface area contributed by atoms with E-state index in [0.29, 0.717) is 41.5 Å². The van der Waals surface area contributed by atoms with E-state index in [4.69, 9.17) is 18.9 Å². The van der Waals surface area contributed by atoms with E-state index >= 15 is 0 Å². The molecule has 0 N–H and O–H groups in total. The fraction of sp³-hybridized carbons (Fsp3) is 0.269. The normalized spacial score (nSPS) is 14.6. The Labute approximate surface area is 202 Å². The fourth-order valence-corrected chi connectivity index (χ4v) is 4.19. The largest absolute Gasteiger partial charge is 0.497 e. The third kappa shape index (κ3) is 4.98. The molecule has 4 rings (SSSR count). The minimum atomic E-state index is -0.490. The molecule has 0 aromatic heterocycles. The molecular formula is C26H26N2O7. The molecule has 0 bridgehead atoms. The van der Waals surface area contributed by atoms with Crippen molar-refractivity contribution in [1.29, 1.82) is 0 Å². The number of fused-ring (bicyclic) bond motifs is 1. The van der Waals surface area contributed by atoms with E-state index < -0.39 is 11.0 Å². The maximum atomic E-state index is 13.5. The number of hydrogen-bond acceptors (Lipinski definition) is 7. The molecule has 1 amide bonds. The van der Waals surface area contributed by atoms with Crippen molar-refractivity contribution in [2.24, 2.45) is 0 Å². The van der Waals surface area contributed by atoms with Crippen molar-refractivity contribution in [1.82, 2.24) is 4.90 Å². The highest BCUT2D eigenvalue weighted by Gasteiger charge is 2.33. The second-order valence-corrected chi connectivity index (χ2v) is 7.96. The van der Waals surface area contributed by atoms with E-state index in [1.54, 1.807) is 50.5 Å². The monoisotopic (exact) mass is 478 g/mol. The van der Waals surface area contributed by atoms with Gasteiger partial charge >= 0.3 is 0 Å². The molecule has 182 valence electrons. The summed E-state index contributed by atoms with van der Waals surface area (Å²) >= 11 is 0. The van der Waals surface area contributed by atoms with Crippen LogP contribution in [-0.4, -0.2) is 50.2 Å². The zero-order valence-electron chi connectivity index (χ0n) is 19.7. The number of amides is 1. The Kier molecular flexibility index (Phi) is 7.05. The first-order valence-electron chi connectivity index (χ1n) is 11.0. The molecule has 1 heterocycles. The van der Waals surface area contributed by atoms with Crippen LogP contribution in [0.3, 0.4) is 0 Å². The van der Waals surface area contributed by atoms with Crippen LogP contribution in [0.4, 0.5) is 5.69 Å². The Morgan fingerprint density at radius 1 is 0.943 bits per heavy atom. The number of rotatable bonds is 8. The van der Waals surface area contributed by atoms with E-state index in [0.717, 1.165) is 11.1 Å². The molecule has 9 heteroatoms. The quantitative estimate of drug-likeness (QED) is 0.349. The number of non-ortho nitro benzene ring substituents is 1. The van der Waals surface area contributed by atoms with Gasteiger partial charge in [-0.3, -0.25) is 14.9 Å². The highest BCUT2D eigenvalue weighted by Crippen LogP contribution is 2.39. The first-order valence-corrected chi connectivity index (χ1v) is 11.0. The second-order valence-electron chi connectivity index (χ2n) is 7.96. The lowest BCUT2D eigenvalue weighted by molar-refractivity contribution is -0.384. The molecule has 0 fully saturated rings. The molecule has 1 aliphatic heterocycles. The third-order valence-electron chi connectivity index (χ3n) is 6.06. The van der Waals surface area contributed by atoms with Gasteiger partial charge in [0.25, 0.3) is 11.6 Å². The minimum absolute atomic E-state index is 0.0678. The SMILES string of the molecule is COc1ccc(OCC2c3cc(OC)c(OC)cc3CCN2C(=O)c2ccc([N+](=O)[O-])cc2)cc1. The molecule has 1 atom stereocenters. The zero-order chi connectivity index (χ0) is 24.9. The average Bonchev–Trinajstić information content (AvgIpc) is 2.90. The van der Waals surface area contributed by atoms with Crippen molar-refractivity contribution >= 4 is 11.6 Å². The predicted molar refractivity (Wildman–Crippen MR) is 129 cm³/mol. The van der Waals surface area contributed by atoms with Crippen molar-refractivity contribution < 1.29 is 28.7 Å². The molecule has 0 aliphatic carbocycles. The molecule has 9 nitrogen and oxygen atoms in total. The molecular weight excluding hydrogens is 452 g/mol. The highest BCUT2D eigenvalue weighted by atomic mass is 16.6. The number of nitrogens with zero attached hydrogens (tertiary/aromatic N) is 2. The van der Waals surface area contributed by atoms with Gasteiger partial charge < -0.3 is 23.8 Å². The molecule has 1 unspecified atom stereocenters. The van der Waals surface area contributed by atoms with Gasteiger partial charge in [0.05, 0.1) is 32.3 Å². The van der Waals surface area contributed by atoms with Crippen LogP contribution in [0.1, 0.15) is 27.5 Å². The Hall–Kier alpha value is -4.27. The number of nitro groups is 1. The number of nitro benzene ring substituents is 1. The van der Waals surface area contributed by atoms with Crippen LogP contribution in [0.15, 0.2) is 60.7 Å². The molecule has 3 aromatic rings. The van der Waals surface area contributed by atoms with Crippen LogP contribution < -0.4 is 18.9 Å². The standard InChI is InChI=1S/C26H26N2O7/c1-32-20-8-10-21(11-9-20)35-16-23-22-15-25(34-3)24(33-2)14-18(22)12-13-27(23)26(29)17-4-6-19(7-5-17)28(30)31/h4-11,14-15,23H,12-13,16H2,1-3H3. The molecule has 0 radical (unpaired) electrons. The van der Waals surface area contributed by atoms with Crippen molar-refractivity contribution in [3.05, 3.63) is 87.5 Å². The lowest BCUT2D eigenvalue weighted by Crippen LogP contribution is -2.42. The Morgan fingerprint density at radius 3 is 2.17 bits per heavy atom. The van der Waals surface area contributed by atoms with Crippen LogP contribution >= 0.6 is 0 Å². The van der Waals surface area contributed by atoms with Crippen molar-refractivity contribution in [2.75, 3.05) is 34.5 Å². The summed E-state index contributed by atoms with van der Waals surface area (Å²) in [4.78, 5) is 25.8. The van der Waals surface area contributed by atoms with Gasteiger partial charge in [0.1, 0.15) is 18.1 Å². The number of methoxy groups -OCH3 is 3. The predicted octanol–water partition coefficient (Wildman–Crippen LogP) is 4.44. The number of carbonyl (C=O) groups is 1. The molecule has 0 saturated carbocycles. The summed E-state index contributed by atoms with van der Waals surface area (Å²) in [6.45, 7) is 0.655. The minimum Gasteiger partial charge on any atom is -0.497 e. The van der Waals surface area contributed by atoms with Crippen molar-refractivity contribution in [2.45, 2.75) is 12.5 Å². The van der Waals surface area contributed by atoms with Gasteiger partial charge in [0, 0.05) is 24.2 Å². The highest BCUT2D eigenvalue weighted by molar-refractivity contribution is 5.95. The Bertz CT molecular complexity index is 1210. The van der Waals surface area contributed by atoms with Crippen LogP contribution in [0.25, 0.3) is 0 Å². The number of carbonyl (C=O) groups excluding carboxylic acids is 1. The average molecular weight is 479 g/mol. The summed E-state index contributed by atoms with van der Waals surface area (Å²) in [5.74, 6) is 2.30. The van der Waals surface area contributed by atoms with Gasteiger partial charge in [-0.15, -0.1) is 0 Å². The van der Waals surface area contributed by atoms with Crippen molar-refractivity contribution in [3.8, 4) is 23.0 Å². The van der Waals surface area contributed by atoms with Crippen LogP contribution in [0, 0.1) is 10.1 Å². The lowest BCUT2D eigenvalue weighted by atomic mass is 9.91. The van der Waals surface area contributed by atoms with Gasteiger partial charge in [0.2, 0.25) is 0 Å². The van der Waals surface area contributed by atoms with E-state index in [1.165, 1.54) is 24.3 Å². The molecule has 3 aromatic carbocycles. The molecule has 0 saturated heterocycles. The maximum absolute atomic E-state index is 13.5. The van der Waals surface area contributed by atoms with Crippen LogP contribution in [0.5, 0.6) is 23.0 Å². The fourth-order valence-electron chi connectivity index (χ4n) is 4.19. The van der Waals surface area contributed by atoms with Gasteiger partial charge in [-0.05, 0) is 66.1 Å². The summed E-state index contributed by atoms with van der Waals surface area (Å²) in [6.07, 6.45) is 0.618. The van der Waals surface area contributed by atoms with Gasteiger partial charge in [0.15, 0.2) is 11.5 Å². The van der Waals surface area contributed by atoms with E-state index in [1.807, 2.05) is 12.1 Å². The summed E-state index contributed by atoms with van der Waals surface area (Å²) in [7, 11) is 4.75. The topological polar surface area (TPSA) is 100 Å². The summed E-state index contributed by atoms with van der Waals surface area (Å²) in [5, 5.41) is 11.0. The smallest absolute Gasteiger partial charge is 0.269 e. The van der Waals surface area contributed by atoms with Gasteiger partial charge in [-0.25, -0.2) is 0 Å². The van der Waals surface area contributed by atoms with E-state index in [2.05, 4.69) is 0 Å². The zero-order valence-corrected chi connectivity index (χ0v) is 19.7. The second kappa shape index (κ2) is 10.3. The third-order valence-corrected chi connectivity index (χ3v) is 6.06. The van der Waals surface area contributed by atoms with Crippen LogP contribution in [0.2, 0.25) is 0 Å². The molecule has 0 spiro atoms. The first kappa shape index (κ1) is 23.9. The number of benzene rings is 3. The van der Waals surface area contributed by atoms with E-state index in [9.17, 15) is 14.9 Å². The van der Waals surface area contributed by atoms with Gasteiger partial charge in [-0.2, -0.15) is 0 Å². The number of ether oxygens (including phenoxy) is 4. The van der Waals surface area contributed by atoms with Crippen molar-refractivity contribution in [3.63, 3.8) is 0 Å². The maximum Gasteiger partial charge on any atom is 0.269 e. The summed E-state index contributed by atoms with van der Waals surface area (Å²) in [5.41, 5.74) is 2.24. The Morgan fingerprint density at radius 2 is 1.57 bits per heavy atom. The summed E-state index contributed by atoms with van der Waals surface area (Å²) in [6, 6.07) is 16.2. The first-order chi connectivity index (χ1) is 16.9. The van der Waals surface area contributed by atoms with Crippen LogP contribution in [-0.2, 0) is 6.42 Å². The summed E-state index contributed by atoms with van der Waals surface area (Å²) < 4.78 is 22.3.